The molecular formula is C14H14ClFN2O. The third kappa shape index (κ3) is 3.15. The minimum Gasteiger partial charge on any atom is -0.377 e. The molecule has 0 spiro atoms. The van der Waals surface area contributed by atoms with Gasteiger partial charge in [-0.2, -0.15) is 0 Å². The Hall–Kier alpha value is -1.81. The summed E-state index contributed by atoms with van der Waals surface area (Å²) >= 11 is 6.01. The van der Waals surface area contributed by atoms with Crippen molar-refractivity contribution in [2.24, 2.45) is 7.05 Å². The number of hydrogen-bond donors (Lipinski definition) is 1. The summed E-state index contributed by atoms with van der Waals surface area (Å²) in [6.07, 6.45) is 1.70. The van der Waals surface area contributed by atoms with E-state index in [2.05, 4.69) is 5.32 Å². The number of halogens is 2. The number of nitrogens with zero attached hydrogens (tertiary/aromatic N) is 1. The van der Waals surface area contributed by atoms with Crippen LogP contribution in [0.5, 0.6) is 0 Å². The lowest BCUT2D eigenvalue weighted by Gasteiger charge is -2.17. The van der Waals surface area contributed by atoms with Crippen LogP contribution in [-0.2, 0) is 7.05 Å². The molecule has 3 nitrogen and oxygen atoms in total. The zero-order valence-electron chi connectivity index (χ0n) is 10.7. The van der Waals surface area contributed by atoms with Gasteiger partial charge in [0.1, 0.15) is 5.82 Å². The van der Waals surface area contributed by atoms with E-state index in [1.165, 1.54) is 22.8 Å². The van der Waals surface area contributed by atoms with Crippen LogP contribution in [-0.4, -0.2) is 4.57 Å². The smallest absolute Gasteiger partial charge is 0.250 e. The molecule has 0 radical (unpaired) electrons. The molecular weight excluding hydrogens is 267 g/mol. The van der Waals surface area contributed by atoms with Crippen molar-refractivity contribution in [3.05, 3.63) is 63.3 Å². The average molecular weight is 281 g/mol. The lowest BCUT2D eigenvalue weighted by molar-refractivity contribution is 0.626. The van der Waals surface area contributed by atoms with E-state index in [1.54, 1.807) is 25.4 Å². The Morgan fingerprint density at radius 1 is 1.32 bits per heavy atom. The first kappa shape index (κ1) is 13.6. The molecule has 1 aromatic carbocycles. The molecule has 19 heavy (non-hydrogen) atoms. The summed E-state index contributed by atoms with van der Waals surface area (Å²) in [6, 6.07) is 7.41. The van der Waals surface area contributed by atoms with Crippen molar-refractivity contribution < 1.29 is 4.39 Å². The highest BCUT2D eigenvalue weighted by molar-refractivity contribution is 6.31. The van der Waals surface area contributed by atoms with Crippen LogP contribution in [0.3, 0.4) is 0 Å². The fourth-order valence-electron chi connectivity index (χ4n) is 1.86. The van der Waals surface area contributed by atoms with Crippen LogP contribution in [0, 0.1) is 5.82 Å². The lowest BCUT2D eigenvalue weighted by Crippen LogP contribution is -2.16. The van der Waals surface area contributed by atoms with Crippen molar-refractivity contribution in [3.63, 3.8) is 0 Å². The van der Waals surface area contributed by atoms with Crippen LogP contribution in [0.2, 0.25) is 5.02 Å². The summed E-state index contributed by atoms with van der Waals surface area (Å²) in [5.74, 6) is -0.358. The monoisotopic (exact) mass is 280 g/mol. The number of hydrogen-bond acceptors (Lipinski definition) is 2. The molecule has 0 aliphatic heterocycles. The average Bonchev–Trinajstić information content (AvgIpc) is 2.33. The number of anilines is 1. The first-order chi connectivity index (χ1) is 8.97. The minimum atomic E-state index is -0.358. The number of aryl methyl sites for hydroxylation is 1. The van der Waals surface area contributed by atoms with Crippen molar-refractivity contribution >= 4 is 17.3 Å². The van der Waals surface area contributed by atoms with Gasteiger partial charge in [0.2, 0.25) is 5.56 Å². The Balaban J connectivity index is 2.22. The van der Waals surface area contributed by atoms with E-state index in [0.29, 0.717) is 5.02 Å². The first-order valence-corrected chi connectivity index (χ1v) is 6.23. The molecule has 0 aliphatic carbocycles. The predicted octanol–water partition coefficient (Wildman–Crippen LogP) is 3.35. The Labute approximate surface area is 115 Å². The van der Waals surface area contributed by atoms with Gasteiger partial charge in [-0.1, -0.05) is 17.7 Å². The van der Waals surface area contributed by atoms with E-state index in [1.807, 2.05) is 6.92 Å². The van der Waals surface area contributed by atoms with E-state index in [9.17, 15) is 9.18 Å². The van der Waals surface area contributed by atoms with Gasteiger partial charge in [0.05, 0.1) is 11.7 Å². The normalized spacial score (nSPS) is 12.2. The van der Waals surface area contributed by atoms with Gasteiger partial charge >= 0.3 is 0 Å². The molecule has 0 fully saturated rings. The van der Waals surface area contributed by atoms with E-state index in [4.69, 9.17) is 11.6 Å². The van der Waals surface area contributed by atoms with Crippen LogP contribution in [0.15, 0.2) is 41.3 Å². The highest BCUT2D eigenvalue weighted by Gasteiger charge is 2.10. The zero-order chi connectivity index (χ0) is 14.0. The SMILES string of the molecule is CC(Nc1ccc(=O)n(C)c1)c1ccc(F)cc1Cl. The summed E-state index contributed by atoms with van der Waals surface area (Å²) in [5, 5.41) is 3.60. The summed E-state index contributed by atoms with van der Waals surface area (Å²) in [4.78, 5) is 11.3. The maximum atomic E-state index is 13.0. The molecule has 2 aromatic rings. The van der Waals surface area contributed by atoms with E-state index in [0.717, 1.165) is 11.3 Å². The third-order valence-corrected chi connectivity index (χ3v) is 3.23. The second kappa shape index (κ2) is 5.45. The van der Waals surface area contributed by atoms with Gasteiger partial charge in [0.25, 0.3) is 0 Å². The molecule has 1 aromatic heterocycles. The van der Waals surface area contributed by atoms with Crippen LogP contribution in [0.25, 0.3) is 0 Å². The van der Waals surface area contributed by atoms with Gasteiger partial charge in [-0.3, -0.25) is 4.79 Å². The second-order valence-electron chi connectivity index (χ2n) is 4.40. The highest BCUT2D eigenvalue weighted by atomic mass is 35.5. The molecule has 100 valence electrons. The van der Waals surface area contributed by atoms with Crippen LogP contribution in [0.1, 0.15) is 18.5 Å². The van der Waals surface area contributed by atoms with Gasteiger partial charge in [0.15, 0.2) is 0 Å². The van der Waals surface area contributed by atoms with Crippen molar-refractivity contribution in [1.82, 2.24) is 4.57 Å². The Kier molecular flexibility index (Phi) is 3.90. The van der Waals surface area contributed by atoms with Crippen molar-refractivity contribution in [3.8, 4) is 0 Å². The Morgan fingerprint density at radius 3 is 2.68 bits per heavy atom. The number of nitrogens with one attached hydrogen (secondary N) is 1. The molecule has 1 atom stereocenters. The molecule has 0 amide bonds. The van der Waals surface area contributed by atoms with Crippen LogP contribution >= 0.6 is 11.6 Å². The maximum absolute atomic E-state index is 13.0. The summed E-state index contributed by atoms with van der Waals surface area (Å²) in [7, 11) is 1.68. The lowest BCUT2D eigenvalue weighted by atomic mass is 10.1. The van der Waals surface area contributed by atoms with Gasteiger partial charge in [-0.25, -0.2) is 4.39 Å². The van der Waals surface area contributed by atoms with Crippen molar-refractivity contribution in [2.45, 2.75) is 13.0 Å². The molecule has 1 N–H and O–H groups in total. The zero-order valence-corrected chi connectivity index (χ0v) is 11.4. The van der Waals surface area contributed by atoms with Crippen molar-refractivity contribution in [1.29, 1.82) is 0 Å². The molecule has 1 unspecified atom stereocenters. The molecule has 0 aliphatic rings. The molecule has 2 rings (SSSR count). The Morgan fingerprint density at radius 2 is 2.05 bits per heavy atom. The summed E-state index contributed by atoms with van der Waals surface area (Å²) < 4.78 is 14.5. The standard InChI is InChI=1S/C14H14ClFN2O/c1-9(12-5-3-10(16)7-13(12)15)17-11-4-6-14(19)18(2)8-11/h3-9,17H,1-2H3. The van der Waals surface area contributed by atoms with Crippen molar-refractivity contribution in [2.75, 3.05) is 5.32 Å². The number of pyridine rings is 1. The molecule has 0 bridgehead atoms. The fraction of sp³-hybridized carbons (Fsp3) is 0.214. The van der Waals surface area contributed by atoms with Gasteiger partial charge in [-0.15, -0.1) is 0 Å². The molecule has 0 saturated heterocycles. The van der Waals surface area contributed by atoms with Gasteiger partial charge < -0.3 is 9.88 Å². The maximum Gasteiger partial charge on any atom is 0.250 e. The molecule has 5 heteroatoms. The summed E-state index contributed by atoms with van der Waals surface area (Å²) in [6.45, 7) is 1.92. The summed E-state index contributed by atoms with van der Waals surface area (Å²) in [5.41, 5.74) is 1.53. The quantitative estimate of drug-likeness (QED) is 0.935. The first-order valence-electron chi connectivity index (χ1n) is 5.85. The van der Waals surface area contributed by atoms with Gasteiger partial charge in [0, 0.05) is 24.3 Å². The largest absolute Gasteiger partial charge is 0.377 e. The topological polar surface area (TPSA) is 34.0 Å². The Bertz CT molecular complexity index is 654. The third-order valence-electron chi connectivity index (χ3n) is 2.90. The van der Waals surface area contributed by atoms with E-state index in [-0.39, 0.29) is 17.4 Å². The van der Waals surface area contributed by atoms with Crippen LogP contribution in [0.4, 0.5) is 10.1 Å². The van der Waals surface area contributed by atoms with E-state index >= 15 is 0 Å². The highest BCUT2D eigenvalue weighted by Crippen LogP contribution is 2.26. The molecule has 0 saturated carbocycles. The number of rotatable bonds is 3. The van der Waals surface area contributed by atoms with Crippen LogP contribution < -0.4 is 10.9 Å². The minimum absolute atomic E-state index is 0.0713. The fourth-order valence-corrected chi connectivity index (χ4v) is 2.19. The predicted molar refractivity (Wildman–Crippen MR) is 75.1 cm³/mol. The second-order valence-corrected chi connectivity index (χ2v) is 4.81. The number of aromatic nitrogens is 1. The molecule has 1 heterocycles. The number of benzene rings is 1. The van der Waals surface area contributed by atoms with E-state index < -0.39 is 0 Å². The van der Waals surface area contributed by atoms with Gasteiger partial charge in [-0.05, 0) is 30.7 Å².